The van der Waals surface area contributed by atoms with Gasteiger partial charge in [0.05, 0.1) is 0 Å². The summed E-state index contributed by atoms with van der Waals surface area (Å²) >= 11 is 0. The molecule has 0 amide bonds. The molecule has 1 N–H and O–H groups in total. The van der Waals surface area contributed by atoms with Crippen molar-refractivity contribution in [3.05, 3.63) is 29.8 Å². The van der Waals surface area contributed by atoms with E-state index in [9.17, 15) is 0 Å². The normalized spacial score (nSPS) is 23.9. The molecule has 0 spiro atoms. The second-order valence-electron chi connectivity index (χ2n) is 6.13. The maximum absolute atomic E-state index is 8.52. The highest BCUT2D eigenvalue weighted by atomic mass is 16.5. The van der Waals surface area contributed by atoms with Gasteiger partial charge in [0.2, 0.25) is 0 Å². The highest BCUT2D eigenvalue weighted by Crippen LogP contribution is 2.26. The van der Waals surface area contributed by atoms with Gasteiger partial charge in [-0.05, 0) is 43.4 Å². The average Bonchev–Trinajstić information content (AvgIpc) is 2.70. The van der Waals surface area contributed by atoms with Crippen molar-refractivity contribution in [3.8, 4) is 11.8 Å². The Balaban J connectivity index is 1.92. The van der Waals surface area contributed by atoms with Crippen LogP contribution in [0.1, 0.15) is 57.6 Å². The van der Waals surface area contributed by atoms with E-state index in [1.807, 2.05) is 18.2 Å². The van der Waals surface area contributed by atoms with Crippen LogP contribution in [0.15, 0.2) is 24.3 Å². The van der Waals surface area contributed by atoms with Gasteiger partial charge >= 0.3 is 0 Å². The number of ether oxygens (including phenoxy) is 1. The second kappa shape index (κ2) is 8.05. The third-order valence-corrected chi connectivity index (χ3v) is 4.51. The van der Waals surface area contributed by atoms with Crippen molar-refractivity contribution in [2.45, 2.75) is 58.0 Å². The van der Waals surface area contributed by atoms with Gasteiger partial charge < -0.3 is 10.1 Å². The summed E-state index contributed by atoms with van der Waals surface area (Å²) in [6.45, 7) is 4.70. The molecule has 1 saturated carbocycles. The van der Waals surface area contributed by atoms with E-state index in [1.54, 1.807) is 0 Å². The zero-order valence-corrected chi connectivity index (χ0v) is 13.1. The average molecular weight is 286 g/mol. The van der Waals surface area contributed by atoms with Crippen molar-refractivity contribution in [1.29, 1.82) is 5.26 Å². The van der Waals surface area contributed by atoms with E-state index >= 15 is 0 Å². The monoisotopic (exact) mass is 286 g/mol. The van der Waals surface area contributed by atoms with Gasteiger partial charge in [-0.3, -0.25) is 0 Å². The lowest BCUT2D eigenvalue weighted by Crippen LogP contribution is -2.36. The predicted octanol–water partition coefficient (Wildman–Crippen LogP) is 4.21. The van der Waals surface area contributed by atoms with Gasteiger partial charge in [0.1, 0.15) is 11.8 Å². The van der Waals surface area contributed by atoms with E-state index in [1.165, 1.54) is 37.7 Å². The van der Waals surface area contributed by atoms with E-state index in [2.05, 4.69) is 31.3 Å². The molecule has 3 atom stereocenters. The summed E-state index contributed by atoms with van der Waals surface area (Å²) in [7, 11) is 0. The van der Waals surface area contributed by atoms with Gasteiger partial charge in [-0.15, -0.1) is 0 Å². The molecule has 21 heavy (non-hydrogen) atoms. The molecule has 0 bridgehead atoms. The molecule has 0 saturated heterocycles. The number of nitrogens with zero attached hydrogens (tertiary/aromatic N) is 1. The molecule has 1 aliphatic rings. The van der Waals surface area contributed by atoms with Gasteiger partial charge in [-0.1, -0.05) is 38.3 Å². The maximum Gasteiger partial charge on any atom is 0.174 e. The van der Waals surface area contributed by atoms with Crippen LogP contribution in [0.5, 0.6) is 5.75 Å². The summed E-state index contributed by atoms with van der Waals surface area (Å²) in [4.78, 5) is 0. The molecule has 1 aliphatic carbocycles. The predicted molar refractivity (Wildman–Crippen MR) is 85.1 cm³/mol. The van der Waals surface area contributed by atoms with Crippen LogP contribution in [0.4, 0.5) is 0 Å². The smallest absolute Gasteiger partial charge is 0.174 e. The number of rotatable bonds is 5. The minimum Gasteiger partial charge on any atom is -0.479 e. The third kappa shape index (κ3) is 4.75. The van der Waals surface area contributed by atoms with Crippen LogP contribution in [-0.4, -0.2) is 12.6 Å². The van der Waals surface area contributed by atoms with Crippen LogP contribution in [0.3, 0.4) is 0 Å². The lowest BCUT2D eigenvalue weighted by atomic mass is 9.95. The Hall–Kier alpha value is -1.53. The first-order chi connectivity index (χ1) is 10.2. The first kappa shape index (κ1) is 15.9. The SMILES string of the molecule is CC(NC1CCCCCC1C)c1ccc(OCC#N)cc1. The van der Waals surface area contributed by atoms with Crippen LogP contribution in [0.25, 0.3) is 0 Å². The fourth-order valence-electron chi connectivity index (χ4n) is 3.13. The number of hydrogen-bond acceptors (Lipinski definition) is 3. The summed E-state index contributed by atoms with van der Waals surface area (Å²) < 4.78 is 5.29. The number of hydrogen-bond donors (Lipinski definition) is 1. The van der Waals surface area contributed by atoms with Crippen molar-refractivity contribution < 1.29 is 4.74 Å². The molecular weight excluding hydrogens is 260 g/mol. The molecular formula is C18H26N2O. The van der Waals surface area contributed by atoms with E-state index in [0.29, 0.717) is 12.1 Å². The van der Waals surface area contributed by atoms with Gasteiger partial charge in [-0.2, -0.15) is 5.26 Å². The largest absolute Gasteiger partial charge is 0.479 e. The van der Waals surface area contributed by atoms with Gasteiger partial charge in [-0.25, -0.2) is 0 Å². The third-order valence-electron chi connectivity index (χ3n) is 4.51. The van der Waals surface area contributed by atoms with E-state index in [4.69, 9.17) is 10.00 Å². The Kier molecular flexibility index (Phi) is 6.07. The summed E-state index contributed by atoms with van der Waals surface area (Å²) in [6, 6.07) is 11.0. The first-order valence-corrected chi connectivity index (χ1v) is 8.06. The van der Waals surface area contributed by atoms with Crippen molar-refractivity contribution in [1.82, 2.24) is 5.32 Å². The van der Waals surface area contributed by atoms with Gasteiger partial charge in [0.15, 0.2) is 6.61 Å². The fourth-order valence-corrected chi connectivity index (χ4v) is 3.13. The van der Waals surface area contributed by atoms with Crippen LogP contribution in [-0.2, 0) is 0 Å². The second-order valence-corrected chi connectivity index (χ2v) is 6.13. The van der Waals surface area contributed by atoms with Crippen LogP contribution < -0.4 is 10.1 Å². The lowest BCUT2D eigenvalue weighted by Gasteiger charge is -2.27. The summed E-state index contributed by atoms with van der Waals surface area (Å²) in [5, 5.41) is 12.3. The Labute approximate surface area is 128 Å². The maximum atomic E-state index is 8.52. The van der Waals surface area contributed by atoms with Crippen molar-refractivity contribution in [2.24, 2.45) is 5.92 Å². The van der Waals surface area contributed by atoms with Crippen LogP contribution in [0.2, 0.25) is 0 Å². The number of nitriles is 1. The molecule has 3 nitrogen and oxygen atoms in total. The lowest BCUT2D eigenvalue weighted by molar-refractivity contribution is 0.330. The molecule has 0 heterocycles. The van der Waals surface area contributed by atoms with Crippen molar-refractivity contribution in [3.63, 3.8) is 0 Å². The molecule has 1 fully saturated rings. The topological polar surface area (TPSA) is 45.0 Å². The standard InChI is InChI=1S/C18H26N2O/c1-14-6-4-3-5-7-18(14)20-15(2)16-8-10-17(11-9-16)21-13-12-19/h8-11,14-15,18,20H,3-7,13H2,1-2H3. The van der Waals surface area contributed by atoms with Crippen LogP contribution >= 0.6 is 0 Å². The van der Waals surface area contributed by atoms with Crippen molar-refractivity contribution in [2.75, 3.05) is 6.61 Å². The van der Waals surface area contributed by atoms with E-state index < -0.39 is 0 Å². The molecule has 1 aromatic carbocycles. The molecule has 3 unspecified atom stereocenters. The Morgan fingerprint density at radius 3 is 2.67 bits per heavy atom. The Morgan fingerprint density at radius 1 is 1.24 bits per heavy atom. The van der Waals surface area contributed by atoms with Gasteiger partial charge in [0.25, 0.3) is 0 Å². The minimum atomic E-state index is 0.104. The summed E-state index contributed by atoms with van der Waals surface area (Å²) in [5.74, 6) is 1.52. The van der Waals surface area contributed by atoms with Gasteiger partial charge in [0, 0.05) is 12.1 Å². The molecule has 0 aliphatic heterocycles. The molecule has 0 radical (unpaired) electrons. The summed E-state index contributed by atoms with van der Waals surface area (Å²) in [6.07, 6.45) is 6.72. The first-order valence-electron chi connectivity index (χ1n) is 8.06. The zero-order chi connectivity index (χ0) is 15.1. The minimum absolute atomic E-state index is 0.104. The molecule has 3 heteroatoms. The highest BCUT2D eigenvalue weighted by molar-refractivity contribution is 5.29. The van der Waals surface area contributed by atoms with E-state index in [0.717, 1.165) is 11.7 Å². The summed E-state index contributed by atoms with van der Waals surface area (Å²) in [5.41, 5.74) is 1.27. The van der Waals surface area contributed by atoms with Crippen LogP contribution in [0, 0.1) is 17.2 Å². The molecule has 2 rings (SSSR count). The number of nitrogens with one attached hydrogen (secondary N) is 1. The van der Waals surface area contributed by atoms with Crippen molar-refractivity contribution >= 4 is 0 Å². The molecule has 0 aromatic heterocycles. The quantitative estimate of drug-likeness (QED) is 0.825. The molecule has 114 valence electrons. The Morgan fingerprint density at radius 2 is 1.95 bits per heavy atom. The fraction of sp³-hybridized carbons (Fsp3) is 0.611. The van der Waals surface area contributed by atoms with E-state index in [-0.39, 0.29) is 6.61 Å². The molecule has 1 aromatic rings. The number of benzene rings is 1. The Bertz CT molecular complexity index is 463. The highest BCUT2D eigenvalue weighted by Gasteiger charge is 2.21. The zero-order valence-electron chi connectivity index (χ0n) is 13.1.